The number of methoxy groups -OCH3 is 1. The Morgan fingerprint density at radius 1 is 1.16 bits per heavy atom. The van der Waals surface area contributed by atoms with Gasteiger partial charge in [-0.2, -0.15) is 0 Å². The van der Waals surface area contributed by atoms with Crippen LogP contribution in [0.4, 0.5) is 0 Å². The first-order valence-electron chi connectivity index (χ1n) is 13.0. The molecule has 3 N–H and O–H groups in total. The number of amides is 1. The fourth-order valence-electron chi connectivity index (χ4n) is 6.65. The average molecular weight is 521 g/mol. The monoisotopic (exact) mass is 520 g/mol. The van der Waals surface area contributed by atoms with Crippen molar-refractivity contribution in [2.75, 3.05) is 13.7 Å². The van der Waals surface area contributed by atoms with E-state index in [1.54, 1.807) is 18.4 Å². The lowest BCUT2D eigenvalue weighted by Gasteiger charge is -2.58. The van der Waals surface area contributed by atoms with Gasteiger partial charge in [-0.15, -0.1) is 11.3 Å². The summed E-state index contributed by atoms with van der Waals surface area (Å²) in [7, 11) is 1.63. The molecule has 1 amide bonds. The van der Waals surface area contributed by atoms with Gasteiger partial charge in [-0.05, 0) is 36.7 Å². The molecule has 0 aliphatic heterocycles. The highest BCUT2D eigenvalue weighted by atomic mass is 32.1. The fraction of sp³-hybridized carbons (Fsp3) is 0.467. The van der Waals surface area contributed by atoms with Crippen LogP contribution in [-0.2, 0) is 17.8 Å². The van der Waals surface area contributed by atoms with Crippen molar-refractivity contribution in [1.29, 1.82) is 0 Å². The maximum atomic E-state index is 13.4. The van der Waals surface area contributed by atoms with Crippen molar-refractivity contribution in [2.45, 2.75) is 58.1 Å². The molecular weight excluding hydrogens is 484 g/mol. The molecule has 1 fully saturated rings. The molecular formula is C30H36N2O4S. The summed E-state index contributed by atoms with van der Waals surface area (Å²) in [6.07, 6.45) is 1.89. The van der Waals surface area contributed by atoms with Crippen LogP contribution in [0.2, 0.25) is 0 Å². The van der Waals surface area contributed by atoms with Crippen molar-refractivity contribution < 1.29 is 19.7 Å². The molecule has 0 bridgehead atoms. The summed E-state index contributed by atoms with van der Waals surface area (Å²) in [5.74, 6) is 0.653. The highest BCUT2D eigenvalue weighted by Crippen LogP contribution is 2.62. The topological polar surface area (TPSA) is 91.7 Å². The SMILES string of the molecule is COc1ccccc1CNC(=O)CC1c2nc(-c3ccccc3)sc2CC2C(C)(CO)C(O)CCC12C. The number of aliphatic hydroxyl groups excluding tert-OH is 2. The van der Waals surface area contributed by atoms with Crippen LogP contribution < -0.4 is 10.1 Å². The molecule has 7 heteroatoms. The standard InChI is InChI=1S/C30H36N2O4S/c1-29-14-13-25(34)30(2,18-33)24(29)16-23-27(32-28(37-23)19-9-5-4-6-10-19)21(29)15-26(35)31-17-20-11-7-8-12-22(20)36-3/h4-12,21,24-25,33-34H,13-18H2,1-3H3,(H,31,35). The molecule has 2 aliphatic carbocycles. The number of para-hydroxylation sites is 1. The molecule has 196 valence electrons. The van der Waals surface area contributed by atoms with Crippen LogP contribution in [0, 0.1) is 16.7 Å². The zero-order valence-corrected chi connectivity index (χ0v) is 22.6. The maximum absolute atomic E-state index is 13.4. The summed E-state index contributed by atoms with van der Waals surface area (Å²) >= 11 is 1.68. The second-order valence-electron chi connectivity index (χ2n) is 11.0. The van der Waals surface area contributed by atoms with E-state index in [2.05, 4.69) is 24.4 Å². The van der Waals surface area contributed by atoms with E-state index in [-0.39, 0.29) is 29.8 Å². The Balaban J connectivity index is 1.48. The van der Waals surface area contributed by atoms with Gasteiger partial charge in [-0.1, -0.05) is 62.4 Å². The number of nitrogens with one attached hydrogen (secondary N) is 1. The minimum atomic E-state index is -0.631. The predicted molar refractivity (Wildman–Crippen MR) is 145 cm³/mol. The molecule has 2 aliphatic rings. The van der Waals surface area contributed by atoms with E-state index in [0.29, 0.717) is 19.4 Å². The Bertz CT molecular complexity index is 1260. The number of aliphatic hydroxyl groups is 2. The molecule has 6 nitrogen and oxygen atoms in total. The van der Waals surface area contributed by atoms with Crippen LogP contribution in [0.1, 0.15) is 55.2 Å². The van der Waals surface area contributed by atoms with Crippen LogP contribution in [0.25, 0.3) is 10.6 Å². The van der Waals surface area contributed by atoms with Crippen molar-refractivity contribution in [2.24, 2.45) is 16.7 Å². The summed E-state index contributed by atoms with van der Waals surface area (Å²) in [5.41, 5.74) is 2.10. The van der Waals surface area contributed by atoms with E-state index in [4.69, 9.17) is 9.72 Å². The van der Waals surface area contributed by atoms with Gasteiger partial charge in [-0.25, -0.2) is 4.98 Å². The van der Waals surface area contributed by atoms with Crippen LogP contribution in [0.15, 0.2) is 54.6 Å². The Morgan fingerprint density at radius 3 is 2.62 bits per heavy atom. The molecule has 0 radical (unpaired) electrons. The van der Waals surface area contributed by atoms with Crippen LogP contribution >= 0.6 is 11.3 Å². The maximum Gasteiger partial charge on any atom is 0.220 e. The Kier molecular flexibility index (Phi) is 7.14. The summed E-state index contributed by atoms with van der Waals surface area (Å²) < 4.78 is 5.44. The van der Waals surface area contributed by atoms with E-state index < -0.39 is 11.5 Å². The number of hydrogen-bond donors (Lipinski definition) is 3. The molecule has 1 saturated carbocycles. The number of nitrogens with zero attached hydrogens (tertiary/aromatic N) is 1. The molecule has 2 aromatic carbocycles. The van der Waals surface area contributed by atoms with Crippen molar-refractivity contribution >= 4 is 17.2 Å². The highest BCUT2D eigenvalue weighted by Gasteiger charge is 2.59. The van der Waals surface area contributed by atoms with Gasteiger partial charge >= 0.3 is 0 Å². The third-order valence-corrected chi connectivity index (χ3v) is 10.1. The van der Waals surface area contributed by atoms with Gasteiger partial charge in [-0.3, -0.25) is 4.79 Å². The third-order valence-electron chi connectivity index (χ3n) is 8.97. The van der Waals surface area contributed by atoms with E-state index in [1.165, 1.54) is 0 Å². The van der Waals surface area contributed by atoms with Crippen molar-refractivity contribution in [3.63, 3.8) is 0 Å². The quantitative estimate of drug-likeness (QED) is 0.410. The molecule has 3 aromatic rings. The number of carbonyl (C=O) groups excluding carboxylic acids is 1. The second-order valence-corrected chi connectivity index (χ2v) is 12.1. The van der Waals surface area contributed by atoms with Crippen molar-refractivity contribution in [1.82, 2.24) is 10.3 Å². The highest BCUT2D eigenvalue weighted by molar-refractivity contribution is 7.15. The molecule has 5 rings (SSSR count). The molecule has 5 atom stereocenters. The first kappa shape index (κ1) is 25.9. The number of fused-ring (bicyclic) bond motifs is 2. The zero-order valence-electron chi connectivity index (χ0n) is 21.7. The first-order chi connectivity index (χ1) is 17.8. The zero-order chi connectivity index (χ0) is 26.2. The summed E-state index contributed by atoms with van der Waals surface area (Å²) in [5, 5.41) is 25.5. The number of benzene rings is 2. The Hall–Kier alpha value is -2.74. The van der Waals surface area contributed by atoms with Gasteiger partial charge in [0, 0.05) is 40.3 Å². The molecule has 0 saturated heterocycles. The summed E-state index contributed by atoms with van der Waals surface area (Å²) in [6.45, 7) is 4.55. The number of thiazole rings is 1. The molecule has 1 aromatic heterocycles. The minimum Gasteiger partial charge on any atom is -0.496 e. The lowest BCUT2D eigenvalue weighted by atomic mass is 9.47. The fourth-order valence-corrected chi connectivity index (χ4v) is 7.82. The van der Waals surface area contributed by atoms with Gasteiger partial charge in [0.1, 0.15) is 10.8 Å². The van der Waals surface area contributed by atoms with Crippen LogP contribution in [0.3, 0.4) is 0 Å². The average Bonchev–Trinajstić information content (AvgIpc) is 3.35. The normalized spacial score (nSPS) is 28.7. The van der Waals surface area contributed by atoms with E-state index in [9.17, 15) is 15.0 Å². The van der Waals surface area contributed by atoms with E-state index >= 15 is 0 Å². The van der Waals surface area contributed by atoms with Gasteiger partial charge in [0.15, 0.2) is 0 Å². The Morgan fingerprint density at radius 2 is 1.89 bits per heavy atom. The van der Waals surface area contributed by atoms with E-state index in [0.717, 1.165) is 45.3 Å². The number of rotatable bonds is 7. The largest absolute Gasteiger partial charge is 0.496 e. The predicted octanol–water partition coefficient (Wildman–Crippen LogP) is 4.94. The first-order valence-corrected chi connectivity index (χ1v) is 13.8. The number of ether oxygens (including phenoxy) is 1. The summed E-state index contributed by atoms with van der Waals surface area (Å²) in [4.78, 5) is 19.7. The smallest absolute Gasteiger partial charge is 0.220 e. The number of aromatic nitrogens is 1. The number of carbonyl (C=O) groups is 1. The van der Waals surface area contributed by atoms with Gasteiger partial charge < -0.3 is 20.3 Å². The lowest BCUT2D eigenvalue weighted by molar-refractivity contribution is -0.144. The number of hydrogen-bond acceptors (Lipinski definition) is 6. The molecule has 5 unspecified atom stereocenters. The van der Waals surface area contributed by atoms with Gasteiger partial charge in [0.25, 0.3) is 0 Å². The van der Waals surface area contributed by atoms with E-state index in [1.807, 2.05) is 49.4 Å². The van der Waals surface area contributed by atoms with Crippen molar-refractivity contribution in [3.8, 4) is 16.3 Å². The van der Waals surface area contributed by atoms with Gasteiger partial charge in [0.2, 0.25) is 5.91 Å². The van der Waals surface area contributed by atoms with Crippen LogP contribution in [-0.4, -0.2) is 40.9 Å². The Labute approximate surface area is 222 Å². The molecule has 0 spiro atoms. The lowest BCUT2D eigenvalue weighted by Crippen LogP contribution is -2.57. The molecule has 37 heavy (non-hydrogen) atoms. The van der Waals surface area contributed by atoms with Gasteiger partial charge in [0.05, 0.1) is 25.5 Å². The third kappa shape index (κ3) is 4.58. The van der Waals surface area contributed by atoms with Crippen molar-refractivity contribution in [3.05, 3.63) is 70.7 Å². The molecule has 1 heterocycles. The van der Waals surface area contributed by atoms with Crippen LogP contribution in [0.5, 0.6) is 5.75 Å². The second kappa shape index (κ2) is 10.2. The minimum absolute atomic E-state index is 0.0326. The summed E-state index contributed by atoms with van der Waals surface area (Å²) in [6, 6.07) is 17.8.